The quantitative estimate of drug-likeness (QED) is 0.583. The molecule has 0 amide bonds. The molecule has 9 heteroatoms. The van der Waals surface area contributed by atoms with Crippen LogP contribution in [-0.2, 0) is 4.79 Å². The van der Waals surface area contributed by atoms with E-state index in [0.29, 0.717) is 22.9 Å². The van der Waals surface area contributed by atoms with Crippen molar-refractivity contribution in [2.45, 2.75) is 0 Å². The van der Waals surface area contributed by atoms with E-state index < -0.39 is 11.8 Å². The molecule has 3 aromatic rings. The highest BCUT2D eigenvalue weighted by molar-refractivity contribution is 5.72. The normalized spacial score (nSPS) is 10.3. The van der Waals surface area contributed by atoms with Crippen LogP contribution in [0, 0.1) is 5.82 Å². The van der Waals surface area contributed by atoms with Gasteiger partial charge < -0.3 is 20.5 Å². The number of carboxylic acid groups (broad SMARTS) is 1. The highest BCUT2D eigenvalue weighted by Gasteiger charge is 2.10. The van der Waals surface area contributed by atoms with Gasteiger partial charge in [-0.25, -0.2) is 9.37 Å². The number of carboxylic acids is 1. The monoisotopic (exact) mass is 369 g/mol. The summed E-state index contributed by atoms with van der Waals surface area (Å²) >= 11 is 0. The summed E-state index contributed by atoms with van der Waals surface area (Å²) in [7, 11) is 1.38. The minimum Gasteiger partial charge on any atom is -0.494 e. The predicted octanol–water partition coefficient (Wildman–Crippen LogP) is 2.93. The first kappa shape index (κ1) is 18.1. The average molecular weight is 369 g/mol. The van der Waals surface area contributed by atoms with Crippen LogP contribution in [0.1, 0.15) is 0 Å². The molecule has 0 spiro atoms. The van der Waals surface area contributed by atoms with Gasteiger partial charge in [0.05, 0.1) is 18.5 Å². The maximum absolute atomic E-state index is 13.9. The molecule has 2 aromatic heterocycles. The van der Waals surface area contributed by atoms with Gasteiger partial charge >= 0.3 is 5.97 Å². The molecular formula is C18H16FN5O3. The van der Waals surface area contributed by atoms with Crippen LogP contribution in [0.4, 0.5) is 21.8 Å². The van der Waals surface area contributed by atoms with Crippen LogP contribution in [0.2, 0.25) is 0 Å². The zero-order chi connectivity index (χ0) is 19.2. The van der Waals surface area contributed by atoms with Gasteiger partial charge in [-0.3, -0.25) is 9.78 Å². The molecule has 0 bridgehead atoms. The molecule has 8 nitrogen and oxygen atoms in total. The minimum atomic E-state index is -1.05. The zero-order valence-electron chi connectivity index (χ0n) is 14.3. The number of halogens is 1. The zero-order valence-corrected chi connectivity index (χ0v) is 14.3. The number of ether oxygens (including phenoxy) is 1. The number of carbonyl (C=O) groups is 1. The van der Waals surface area contributed by atoms with Crippen molar-refractivity contribution in [3.63, 3.8) is 0 Å². The highest BCUT2D eigenvalue weighted by Crippen LogP contribution is 2.25. The van der Waals surface area contributed by atoms with Gasteiger partial charge in [0.2, 0.25) is 5.95 Å². The molecule has 1 aromatic carbocycles. The molecule has 0 aliphatic heterocycles. The van der Waals surface area contributed by atoms with Crippen molar-refractivity contribution in [2.75, 3.05) is 24.3 Å². The first-order valence-corrected chi connectivity index (χ1v) is 7.92. The summed E-state index contributed by atoms with van der Waals surface area (Å²) in [6.45, 7) is -0.345. The lowest BCUT2D eigenvalue weighted by Gasteiger charge is -2.11. The highest BCUT2D eigenvalue weighted by atomic mass is 19.1. The van der Waals surface area contributed by atoms with Gasteiger partial charge in [0.25, 0.3) is 0 Å². The fourth-order valence-corrected chi connectivity index (χ4v) is 2.28. The Morgan fingerprint density at radius 1 is 1.19 bits per heavy atom. The summed E-state index contributed by atoms with van der Waals surface area (Å²) in [6, 6.07) is 11.4. The van der Waals surface area contributed by atoms with Crippen LogP contribution in [0.3, 0.4) is 0 Å². The first-order valence-electron chi connectivity index (χ1n) is 7.92. The van der Waals surface area contributed by atoms with Gasteiger partial charge in [0.1, 0.15) is 12.4 Å². The molecule has 3 rings (SSSR count). The smallest absolute Gasteiger partial charge is 0.322 e. The van der Waals surface area contributed by atoms with E-state index in [1.54, 1.807) is 36.5 Å². The van der Waals surface area contributed by atoms with Gasteiger partial charge in [-0.15, -0.1) is 0 Å². The molecule has 0 saturated carbocycles. The number of nitrogens with one attached hydrogen (secondary N) is 2. The Morgan fingerprint density at radius 3 is 2.70 bits per heavy atom. The van der Waals surface area contributed by atoms with Crippen molar-refractivity contribution in [3.8, 4) is 17.1 Å². The van der Waals surface area contributed by atoms with E-state index in [0.717, 1.165) is 0 Å². The van der Waals surface area contributed by atoms with Gasteiger partial charge in [0, 0.05) is 24.0 Å². The number of methoxy groups -OCH3 is 1. The molecule has 0 radical (unpaired) electrons. The molecule has 0 aliphatic rings. The number of hydrogen-bond donors (Lipinski definition) is 3. The van der Waals surface area contributed by atoms with Crippen molar-refractivity contribution in [1.82, 2.24) is 15.0 Å². The van der Waals surface area contributed by atoms with Crippen molar-refractivity contribution in [3.05, 3.63) is 54.5 Å². The lowest BCUT2D eigenvalue weighted by molar-refractivity contribution is -0.134. The Kier molecular flexibility index (Phi) is 5.41. The van der Waals surface area contributed by atoms with Crippen LogP contribution < -0.4 is 15.4 Å². The Bertz CT molecular complexity index is 953. The molecule has 2 heterocycles. The van der Waals surface area contributed by atoms with E-state index in [2.05, 4.69) is 25.6 Å². The minimum absolute atomic E-state index is 0.108. The molecule has 138 valence electrons. The van der Waals surface area contributed by atoms with Crippen LogP contribution in [-0.4, -0.2) is 39.7 Å². The maximum Gasteiger partial charge on any atom is 0.322 e. The third-order valence-corrected chi connectivity index (χ3v) is 3.48. The van der Waals surface area contributed by atoms with Crippen molar-refractivity contribution in [1.29, 1.82) is 0 Å². The number of aliphatic carboxylic acids is 1. The number of pyridine rings is 1. The number of benzene rings is 1. The second-order valence-corrected chi connectivity index (χ2v) is 5.40. The number of hydrogen-bond acceptors (Lipinski definition) is 7. The van der Waals surface area contributed by atoms with Gasteiger partial charge in [-0.1, -0.05) is 6.07 Å². The average Bonchev–Trinajstić information content (AvgIpc) is 2.67. The lowest BCUT2D eigenvalue weighted by atomic mass is 10.2. The van der Waals surface area contributed by atoms with Gasteiger partial charge in [0.15, 0.2) is 11.6 Å². The molecule has 0 fully saturated rings. The van der Waals surface area contributed by atoms with Crippen molar-refractivity contribution in [2.24, 2.45) is 0 Å². The Labute approximate surface area is 154 Å². The van der Waals surface area contributed by atoms with E-state index in [1.807, 2.05) is 0 Å². The summed E-state index contributed by atoms with van der Waals surface area (Å²) in [4.78, 5) is 23.5. The standard InChI is InChI=1S/C18H16FN5O3/c1-27-15-6-5-11(8-12(15)19)22-16-9-14(13-4-2-3-7-20-13)23-18(24-16)21-10-17(25)26/h2-9H,10H2,1H3,(H,25,26)(H2,21,22,23,24). The van der Waals surface area contributed by atoms with E-state index in [4.69, 9.17) is 9.84 Å². The van der Waals surface area contributed by atoms with E-state index in [1.165, 1.54) is 19.2 Å². The third kappa shape index (κ3) is 4.66. The molecular weight excluding hydrogens is 353 g/mol. The molecule has 27 heavy (non-hydrogen) atoms. The van der Waals surface area contributed by atoms with E-state index in [-0.39, 0.29) is 18.2 Å². The molecule has 0 saturated heterocycles. The summed E-state index contributed by atoms with van der Waals surface area (Å²) < 4.78 is 18.8. The Morgan fingerprint density at radius 2 is 2.04 bits per heavy atom. The largest absolute Gasteiger partial charge is 0.494 e. The number of rotatable bonds is 7. The molecule has 3 N–H and O–H groups in total. The van der Waals surface area contributed by atoms with E-state index in [9.17, 15) is 9.18 Å². The molecule has 0 unspecified atom stereocenters. The maximum atomic E-state index is 13.9. The lowest BCUT2D eigenvalue weighted by Crippen LogP contribution is -2.15. The second-order valence-electron chi connectivity index (χ2n) is 5.40. The molecule has 0 aliphatic carbocycles. The SMILES string of the molecule is COc1ccc(Nc2cc(-c3ccccn3)nc(NCC(=O)O)n2)cc1F. The predicted molar refractivity (Wildman–Crippen MR) is 97.6 cm³/mol. The van der Waals surface area contributed by atoms with Crippen LogP contribution in [0.15, 0.2) is 48.7 Å². The topological polar surface area (TPSA) is 109 Å². The summed E-state index contributed by atoms with van der Waals surface area (Å²) in [5.74, 6) is -0.985. The third-order valence-electron chi connectivity index (χ3n) is 3.48. The fraction of sp³-hybridized carbons (Fsp3) is 0.111. The van der Waals surface area contributed by atoms with Crippen LogP contribution in [0.25, 0.3) is 11.4 Å². The number of aromatic nitrogens is 3. The van der Waals surface area contributed by atoms with Crippen LogP contribution in [0.5, 0.6) is 5.75 Å². The van der Waals surface area contributed by atoms with Crippen molar-refractivity contribution >= 4 is 23.4 Å². The number of anilines is 3. The number of nitrogens with zero attached hydrogens (tertiary/aromatic N) is 3. The van der Waals surface area contributed by atoms with Gasteiger partial charge in [-0.2, -0.15) is 4.98 Å². The summed E-state index contributed by atoms with van der Waals surface area (Å²) in [5, 5.41) is 14.4. The summed E-state index contributed by atoms with van der Waals surface area (Å²) in [6.07, 6.45) is 1.62. The fourth-order valence-electron chi connectivity index (χ4n) is 2.28. The molecule has 0 atom stereocenters. The van der Waals surface area contributed by atoms with Crippen LogP contribution >= 0.6 is 0 Å². The van der Waals surface area contributed by atoms with E-state index >= 15 is 0 Å². The second kappa shape index (κ2) is 8.09. The summed E-state index contributed by atoms with van der Waals surface area (Å²) in [5.41, 5.74) is 1.51. The first-order chi connectivity index (χ1) is 13.0. The Hall–Kier alpha value is -3.75. The van der Waals surface area contributed by atoms with Gasteiger partial charge in [-0.05, 0) is 24.3 Å². The van der Waals surface area contributed by atoms with Crippen molar-refractivity contribution < 1.29 is 19.0 Å². The Balaban J connectivity index is 1.94.